The highest BCUT2D eigenvalue weighted by atomic mass is 32.1. The summed E-state index contributed by atoms with van der Waals surface area (Å²) >= 11 is 2.66. The highest BCUT2D eigenvalue weighted by Gasteiger charge is 2.23. The number of carbonyl (C=O) groups excluding carboxylic acids is 1. The summed E-state index contributed by atoms with van der Waals surface area (Å²) in [7, 11) is 0. The van der Waals surface area contributed by atoms with Crippen LogP contribution in [0.4, 0.5) is 5.13 Å². The van der Waals surface area contributed by atoms with Gasteiger partial charge in [0.25, 0.3) is 11.5 Å². The van der Waals surface area contributed by atoms with Gasteiger partial charge in [0.05, 0.1) is 16.0 Å². The fourth-order valence-corrected chi connectivity index (χ4v) is 4.63. The van der Waals surface area contributed by atoms with Crippen LogP contribution < -0.4 is 10.9 Å². The predicted octanol–water partition coefficient (Wildman–Crippen LogP) is 2.73. The predicted molar refractivity (Wildman–Crippen MR) is 91.7 cm³/mol. The van der Waals surface area contributed by atoms with Gasteiger partial charge in [-0.05, 0) is 25.8 Å². The summed E-state index contributed by atoms with van der Waals surface area (Å²) in [6, 6.07) is 0. The van der Waals surface area contributed by atoms with Crippen LogP contribution in [0.15, 0.2) is 10.2 Å². The molecule has 1 N–H and O–H groups in total. The monoisotopic (exact) mass is 346 g/mol. The van der Waals surface area contributed by atoms with Gasteiger partial charge in [-0.3, -0.25) is 19.5 Å². The van der Waals surface area contributed by atoms with E-state index in [9.17, 15) is 9.59 Å². The third-order valence-electron chi connectivity index (χ3n) is 3.96. The van der Waals surface area contributed by atoms with Crippen molar-refractivity contribution < 1.29 is 4.79 Å². The molecule has 6 nitrogen and oxygen atoms in total. The molecule has 0 fully saturated rings. The molecule has 1 aliphatic rings. The molecular formula is C15H14N4O2S2. The molecule has 3 aromatic rings. The number of nitrogens with one attached hydrogen (secondary N) is 1. The fourth-order valence-electron chi connectivity index (χ4n) is 2.86. The van der Waals surface area contributed by atoms with E-state index in [0.717, 1.165) is 24.4 Å². The molecule has 4 heterocycles. The minimum atomic E-state index is -0.232. The summed E-state index contributed by atoms with van der Waals surface area (Å²) in [6.07, 6.45) is 1.78. The summed E-state index contributed by atoms with van der Waals surface area (Å²) in [4.78, 5) is 35.1. The number of anilines is 1. The molecule has 0 bridgehead atoms. The van der Waals surface area contributed by atoms with Gasteiger partial charge >= 0.3 is 0 Å². The molecule has 3 aromatic heterocycles. The molecule has 0 saturated carbocycles. The van der Waals surface area contributed by atoms with E-state index in [0.29, 0.717) is 32.3 Å². The zero-order valence-electron chi connectivity index (χ0n) is 12.7. The molecule has 1 aliphatic heterocycles. The van der Waals surface area contributed by atoms with E-state index in [1.54, 1.807) is 4.57 Å². The molecule has 0 aliphatic carbocycles. The second-order valence-electron chi connectivity index (χ2n) is 5.57. The van der Waals surface area contributed by atoms with Gasteiger partial charge in [0.15, 0.2) is 5.13 Å². The van der Waals surface area contributed by atoms with E-state index >= 15 is 0 Å². The maximum atomic E-state index is 12.6. The largest absolute Gasteiger partial charge is 0.297 e. The number of thiazole rings is 1. The van der Waals surface area contributed by atoms with Gasteiger partial charge in [-0.1, -0.05) is 0 Å². The van der Waals surface area contributed by atoms with Crippen molar-refractivity contribution in [3.8, 4) is 0 Å². The van der Waals surface area contributed by atoms with Crippen LogP contribution in [0.3, 0.4) is 0 Å². The number of amides is 1. The number of carbonyl (C=O) groups is 1. The number of rotatable bonds is 2. The number of fused-ring (bicyclic) bond motifs is 2. The number of thiophene rings is 1. The van der Waals surface area contributed by atoms with Gasteiger partial charge in [-0.15, -0.1) is 22.7 Å². The summed E-state index contributed by atoms with van der Waals surface area (Å²) in [5.74, 6) is 0.593. The first-order valence-electron chi connectivity index (χ1n) is 7.31. The Morgan fingerprint density at radius 1 is 1.35 bits per heavy atom. The van der Waals surface area contributed by atoms with Crippen molar-refractivity contribution in [1.82, 2.24) is 14.5 Å². The molecule has 1 amide bonds. The molecule has 8 heteroatoms. The van der Waals surface area contributed by atoms with E-state index < -0.39 is 0 Å². The maximum Gasteiger partial charge on any atom is 0.267 e. The molecule has 0 aromatic carbocycles. The van der Waals surface area contributed by atoms with Crippen molar-refractivity contribution >= 4 is 43.9 Å². The summed E-state index contributed by atoms with van der Waals surface area (Å²) in [5, 5.41) is 5.82. The molecule has 0 saturated heterocycles. The van der Waals surface area contributed by atoms with Crippen LogP contribution in [0.25, 0.3) is 10.2 Å². The standard InChI is InChI=1S/C15H14N4O2S2/c1-7-6-22-15(16-7)18-12(20)11-8(2)10-13(23-11)17-9-4-3-5-19(9)14(10)21/h6H,3-5H2,1-2H3,(H,16,18,20). The van der Waals surface area contributed by atoms with Crippen LogP contribution in [0.1, 0.15) is 33.2 Å². The molecule has 23 heavy (non-hydrogen) atoms. The van der Waals surface area contributed by atoms with Crippen LogP contribution in [-0.4, -0.2) is 20.4 Å². The van der Waals surface area contributed by atoms with Gasteiger partial charge in [0, 0.05) is 18.3 Å². The average molecular weight is 346 g/mol. The molecular weight excluding hydrogens is 332 g/mol. The van der Waals surface area contributed by atoms with Crippen LogP contribution in [0, 0.1) is 13.8 Å². The highest BCUT2D eigenvalue weighted by molar-refractivity contribution is 7.21. The summed E-state index contributed by atoms with van der Waals surface area (Å²) in [6.45, 7) is 4.40. The third-order valence-corrected chi connectivity index (χ3v) is 6.02. The van der Waals surface area contributed by atoms with Gasteiger partial charge in [-0.2, -0.15) is 0 Å². The Kier molecular flexibility index (Phi) is 3.31. The Balaban J connectivity index is 1.79. The SMILES string of the molecule is Cc1csc(NC(=O)c2sc3nc4n(c(=O)c3c2C)CCC4)n1. The molecule has 0 radical (unpaired) electrons. The number of aromatic nitrogens is 3. The van der Waals surface area contributed by atoms with E-state index in [1.807, 2.05) is 19.2 Å². The Morgan fingerprint density at radius 3 is 2.91 bits per heavy atom. The lowest BCUT2D eigenvalue weighted by atomic mass is 10.2. The van der Waals surface area contributed by atoms with E-state index in [4.69, 9.17) is 0 Å². The number of aryl methyl sites for hydroxylation is 3. The fraction of sp³-hybridized carbons (Fsp3) is 0.333. The van der Waals surface area contributed by atoms with E-state index in [1.165, 1.54) is 22.7 Å². The average Bonchev–Trinajstić information content (AvgIpc) is 3.19. The van der Waals surface area contributed by atoms with Gasteiger partial charge in [-0.25, -0.2) is 9.97 Å². The first-order chi connectivity index (χ1) is 11.0. The van der Waals surface area contributed by atoms with Crippen molar-refractivity contribution in [3.05, 3.63) is 37.7 Å². The molecule has 118 valence electrons. The van der Waals surface area contributed by atoms with Crippen LogP contribution in [0.5, 0.6) is 0 Å². The Bertz CT molecular complexity index is 999. The quantitative estimate of drug-likeness (QED) is 0.774. The lowest BCUT2D eigenvalue weighted by Crippen LogP contribution is -2.20. The second kappa shape index (κ2) is 5.24. The molecule has 0 spiro atoms. The maximum absolute atomic E-state index is 12.6. The normalized spacial score (nSPS) is 13.5. The van der Waals surface area contributed by atoms with Crippen LogP contribution in [0.2, 0.25) is 0 Å². The van der Waals surface area contributed by atoms with Crippen LogP contribution in [-0.2, 0) is 13.0 Å². The van der Waals surface area contributed by atoms with Crippen molar-refractivity contribution in [1.29, 1.82) is 0 Å². The number of hydrogen-bond acceptors (Lipinski definition) is 6. The van der Waals surface area contributed by atoms with Gasteiger partial charge in [0.2, 0.25) is 0 Å². The van der Waals surface area contributed by atoms with Crippen LogP contribution >= 0.6 is 22.7 Å². The Labute approximate surface area is 139 Å². The second-order valence-corrected chi connectivity index (χ2v) is 7.43. The number of hydrogen-bond donors (Lipinski definition) is 1. The molecule has 0 atom stereocenters. The Hall–Kier alpha value is -2.06. The first-order valence-corrected chi connectivity index (χ1v) is 9.00. The van der Waals surface area contributed by atoms with Gasteiger partial charge in [0.1, 0.15) is 10.7 Å². The van der Waals surface area contributed by atoms with Crippen molar-refractivity contribution in [2.75, 3.05) is 5.32 Å². The lowest BCUT2D eigenvalue weighted by Gasteiger charge is -2.02. The minimum absolute atomic E-state index is 0.0274. The summed E-state index contributed by atoms with van der Waals surface area (Å²) < 4.78 is 1.73. The van der Waals surface area contributed by atoms with E-state index in [-0.39, 0.29) is 11.5 Å². The number of nitrogens with zero attached hydrogens (tertiary/aromatic N) is 3. The summed E-state index contributed by atoms with van der Waals surface area (Å²) in [5.41, 5.74) is 1.55. The topological polar surface area (TPSA) is 76.9 Å². The smallest absolute Gasteiger partial charge is 0.267 e. The Morgan fingerprint density at radius 2 is 2.17 bits per heavy atom. The third kappa shape index (κ3) is 2.29. The zero-order valence-corrected chi connectivity index (χ0v) is 14.3. The van der Waals surface area contributed by atoms with Crippen molar-refractivity contribution in [2.45, 2.75) is 33.2 Å². The first kappa shape index (κ1) is 14.5. The van der Waals surface area contributed by atoms with E-state index in [2.05, 4.69) is 15.3 Å². The van der Waals surface area contributed by atoms with Gasteiger partial charge < -0.3 is 0 Å². The minimum Gasteiger partial charge on any atom is -0.297 e. The lowest BCUT2D eigenvalue weighted by molar-refractivity contribution is 0.103. The molecule has 4 rings (SSSR count). The van der Waals surface area contributed by atoms with Crippen molar-refractivity contribution in [2.24, 2.45) is 0 Å². The van der Waals surface area contributed by atoms with Crippen molar-refractivity contribution in [3.63, 3.8) is 0 Å². The molecule has 0 unspecified atom stereocenters. The zero-order chi connectivity index (χ0) is 16.1. The highest BCUT2D eigenvalue weighted by Crippen LogP contribution is 2.29.